The van der Waals surface area contributed by atoms with Gasteiger partial charge in [0.2, 0.25) is 0 Å². The molecule has 0 N–H and O–H groups in total. The second-order valence-corrected chi connectivity index (χ2v) is 6.40. The Labute approximate surface area is 153 Å². The molecule has 0 aliphatic heterocycles. The molecule has 0 saturated carbocycles. The Balaban J connectivity index is 2.20. The third kappa shape index (κ3) is 5.61. The summed E-state index contributed by atoms with van der Waals surface area (Å²) in [5, 5.41) is 0. The number of likely N-dealkylation sites (N-methyl/N-ethyl adjacent to an activating group) is 1. The highest BCUT2D eigenvalue weighted by molar-refractivity contribution is 5.94. The highest BCUT2D eigenvalue weighted by Crippen LogP contribution is 2.15. The summed E-state index contributed by atoms with van der Waals surface area (Å²) in [6, 6.07) is 10.6. The molecule has 2 rings (SSSR count). The van der Waals surface area contributed by atoms with Crippen molar-refractivity contribution in [2.24, 2.45) is 0 Å². The first kappa shape index (κ1) is 20.0. The summed E-state index contributed by atoms with van der Waals surface area (Å²) >= 11 is 0. The summed E-state index contributed by atoms with van der Waals surface area (Å²) in [4.78, 5) is 16.4. The minimum atomic E-state index is -0.650. The maximum Gasteiger partial charge on any atom is 0.254 e. The van der Waals surface area contributed by atoms with E-state index in [9.17, 15) is 13.6 Å². The molecule has 140 valence electrons. The van der Waals surface area contributed by atoms with E-state index in [0.29, 0.717) is 25.3 Å². The monoisotopic (exact) mass is 362 g/mol. The van der Waals surface area contributed by atoms with Crippen LogP contribution in [0, 0.1) is 11.6 Å². The van der Waals surface area contributed by atoms with E-state index in [1.165, 1.54) is 12.1 Å². The van der Waals surface area contributed by atoms with Crippen molar-refractivity contribution in [3.8, 4) is 0 Å². The Bertz CT molecular complexity index is 733. The van der Waals surface area contributed by atoms with Crippen LogP contribution in [0.15, 0.2) is 42.5 Å². The molecule has 0 heterocycles. The molecule has 0 spiro atoms. The van der Waals surface area contributed by atoms with Gasteiger partial charge in [-0.15, -0.1) is 0 Å². The molecule has 0 radical (unpaired) electrons. The van der Waals surface area contributed by atoms with Crippen LogP contribution in [0.1, 0.15) is 21.5 Å². The number of hydrogen-bond acceptors (Lipinski definition) is 3. The van der Waals surface area contributed by atoms with Crippen molar-refractivity contribution >= 4 is 5.91 Å². The van der Waals surface area contributed by atoms with E-state index < -0.39 is 11.6 Å². The van der Waals surface area contributed by atoms with E-state index in [2.05, 4.69) is 0 Å². The van der Waals surface area contributed by atoms with E-state index in [1.807, 2.05) is 31.1 Å². The maximum absolute atomic E-state index is 14.0. The SMILES string of the molecule is COCc1ccc(C(=O)N(CCN(C)C)Cc2ccc(F)cc2F)cc1. The van der Waals surface area contributed by atoms with Crippen LogP contribution < -0.4 is 0 Å². The van der Waals surface area contributed by atoms with Crippen LogP contribution >= 0.6 is 0 Å². The Morgan fingerprint density at radius 1 is 1.04 bits per heavy atom. The fraction of sp³-hybridized carbons (Fsp3) is 0.350. The number of benzene rings is 2. The van der Waals surface area contributed by atoms with Crippen molar-refractivity contribution in [3.05, 3.63) is 70.8 Å². The van der Waals surface area contributed by atoms with E-state index in [-0.39, 0.29) is 18.0 Å². The standard InChI is InChI=1S/C20H24F2N2O2/c1-23(2)10-11-24(13-17-8-9-18(21)12-19(17)22)20(25)16-6-4-15(5-7-16)14-26-3/h4-9,12H,10-11,13-14H2,1-3H3. The smallest absolute Gasteiger partial charge is 0.254 e. The van der Waals surface area contributed by atoms with E-state index in [1.54, 1.807) is 24.1 Å². The largest absolute Gasteiger partial charge is 0.380 e. The summed E-state index contributed by atoms with van der Waals surface area (Å²) < 4.78 is 32.2. The van der Waals surface area contributed by atoms with Gasteiger partial charge in [-0.1, -0.05) is 18.2 Å². The number of carbonyl (C=O) groups is 1. The lowest BCUT2D eigenvalue weighted by molar-refractivity contribution is 0.0730. The molecular formula is C20H24F2N2O2. The highest BCUT2D eigenvalue weighted by Gasteiger charge is 2.18. The molecule has 0 saturated heterocycles. The summed E-state index contributed by atoms with van der Waals surface area (Å²) in [6.45, 7) is 1.62. The van der Waals surface area contributed by atoms with Crippen molar-refractivity contribution in [2.75, 3.05) is 34.3 Å². The number of nitrogens with zero attached hydrogens (tertiary/aromatic N) is 2. The second-order valence-electron chi connectivity index (χ2n) is 6.40. The first-order valence-corrected chi connectivity index (χ1v) is 8.36. The Morgan fingerprint density at radius 3 is 2.31 bits per heavy atom. The zero-order valence-electron chi connectivity index (χ0n) is 15.3. The van der Waals surface area contributed by atoms with Gasteiger partial charge in [0.15, 0.2) is 0 Å². The first-order valence-electron chi connectivity index (χ1n) is 8.36. The molecule has 6 heteroatoms. The van der Waals surface area contributed by atoms with Gasteiger partial charge in [0.1, 0.15) is 11.6 Å². The number of halogens is 2. The van der Waals surface area contributed by atoms with Crippen LogP contribution in [0.5, 0.6) is 0 Å². The third-order valence-electron chi connectivity index (χ3n) is 3.99. The Morgan fingerprint density at radius 2 is 1.73 bits per heavy atom. The summed E-state index contributed by atoms with van der Waals surface area (Å²) in [5.74, 6) is -1.48. The average molecular weight is 362 g/mol. The van der Waals surface area contributed by atoms with Crippen molar-refractivity contribution < 1.29 is 18.3 Å². The predicted octanol–water partition coefficient (Wildman–Crippen LogP) is 3.32. The molecule has 2 aromatic carbocycles. The number of rotatable bonds is 8. The molecule has 0 bridgehead atoms. The van der Waals surface area contributed by atoms with Crippen molar-refractivity contribution in [2.45, 2.75) is 13.2 Å². The molecule has 1 amide bonds. The van der Waals surface area contributed by atoms with Crippen LogP contribution in [0.4, 0.5) is 8.78 Å². The lowest BCUT2D eigenvalue weighted by atomic mass is 10.1. The van der Waals surface area contributed by atoms with Crippen molar-refractivity contribution in [1.29, 1.82) is 0 Å². The Kier molecular flexibility index (Phi) is 7.24. The molecule has 2 aromatic rings. The minimum absolute atomic E-state index is 0.0820. The van der Waals surface area contributed by atoms with Gasteiger partial charge in [-0.3, -0.25) is 4.79 Å². The number of ether oxygens (including phenoxy) is 1. The molecule has 0 atom stereocenters. The zero-order chi connectivity index (χ0) is 19.1. The highest BCUT2D eigenvalue weighted by atomic mass is 19.1. The fourth-order valence-corrected chi connectivity index (χ4v) is 2.52. The van der Waals surface area contributed by atoms with Crippen LogP contribution in [0.2, 0.25) is 0 Å². The lowest BCUT2D eigenvalue weighted by Gasteiger charge is -2.25. The van der Waals surface area contributed by atoms with Crippen molar-refractivity contribution in [3.63, 3.8) is 0 Å². The number of methoxy groups -OCH3 is 1. The van der Waals surface area contributed by atoms with Crippen LogP contribution in [0.3, 0.4) is 0 Å². The molecule has 0 aliphatic carbocycles. The second kappa shape index (κ2) is 9.40. The molecule has 0 aliphatic rings. The van der Waals surface area contributed by atoms with Crippen LogP contribution in [-0.4, -0.2) is 50.0 Å². The number of amides is 1. The summed E-state index contributed by atoms with van der Waals surface area (Å²) in [6.07, 6.45) is 0. The van der Waals surface area contributed by atoms with Gasteiger partial charge < -0.3 is 14.5 Å². The number of carbonyl (C=O) groups excluding carboxylic acids is 1. The van der Waals surface area contributed by atoms with Gasteiger partial charge in [-0.05, 0) is 37.9 Å². The number of hydrogen-bond donors (Lipinski definition) is 0. The van der Waals surface area contributed by atoms with Gasteiger partial charge in [0.25, 0.3) is 5.91 Å². The van der Waals surface area contributed by atoms with Crippen LogP contribution in [-0.2, 0) is 17.9 Å². The van der Waals surface area contributed by atoms with Gasteiger partial charge in [-0.25, -0.2) is 8.78 Å². The summed E-state index contributed by atoms with van der Waals surface area (Å²) in [5.41, 5.74) is 1.77. The van der Waals surface area contributed by atoms with Crippen molar-refractivity contribution in [1.82, 2.24) is 9.80 Å². The lowest BCUT2D eigenvalue weighted by Crippen LogP contribution is -2.36. The van der Waals surface area contributed by atoms with Gasteiger partial charge in [0, 0.05) is 43.9 Å². The molecule has 26 heavy (non-hydrogen) atoms. The van der Waals surface area contributed by atoms with Gasteiger partial charge >= 0.3 is 0 Å². The maximum atomic E-state index is 14.0. The van der Waals surface area contributed by atoms with Crippen LogP contribution in [0.25, 0.3) is 0 Å². The average Bonchev–Trinajstić information content (AvgIpc) is 2.60. The predicted molar refractivity (Wildman–Crippen MR) is 96.8 cm³/mol. The third-order valence-corrected chi connectivity index (χ3v) is 3.99. The molecule has 4 nitrogen and oxygen atoms in total. The van der Waals surface area contributed by atoms with E-state index in [0.717, 1.165) is 11.6 Å². The first-order chi connectivity index (χ1) is 12.4. The normalized spacial score (nSPS) is 11.0. The Hall–Kier alpha value is -2.31. The minimum Gasteiger partial charge on any atom is -0.380 e. The molecule has 0 aromatic heterocycles. The summed E-state index contributed by atoms with van der Waals surface area (Å²) in [7, 11) is 5.42. The zero-order valence-corrected chi connectivity index (χ0v) is 15.3. The van der Waals surface area contributed by atoms with Gasteiger partial charge in [0.05, 0.1) is 6.61 Å². The topological polar surface area (TPSA) is 32.8 Å². The van der Waals surface area contributed by atoms with E-state index >= 15 is 0 Å². The molecule has 0 unspecified atom stereocenters. The fourth-order valence-electron chi connectivity index (χ4n) is 2.52. The van der Waals surface area contributed by atoms with E-state index in [4.69, 9.17) is 4.74 Å². The molecule has 0 fully saturated rings. The molecular weight excluding hydrogens is 338 g/mol. The quantitative estimate of drug-likeness (QED) is 0.722. The van der Waals surface area contributed by atoms with Gasteiger partial charge in [-0.2, -0.15) is 0 Å².